The molecule has 3 nitrogen and oxygen atoms in total. The van der Waals surface area contributed by atoms with Crippen LogP contribution in [0, 0.1) is 23.7 Å². The van der Waals surface area contributed by atoms with Gasteiger partial charge in [0.2, 0.25) is 0 Å². The number of ether oxygens (including phenoxy) is 2. The Morgan fingerprint density at radius 2 is 1.70 bits per heavy atom. The average molecular weight is 312 g/mol. The highest BCUT2D eigenvalue weighted by Gasteiger charge is 2.46. The lowest BCUT2D eigenvalue weighted by atomic mass is 9.54. The second-order valence-electron chi connectivity index (χ2n) is 7.37. The zero-order chi connectivity index (χ0) is 16.0. The van der Waals surface area contributed by atoms with Gasteiger partial charge in [-0.2, -0.15) is 0 Å². The SMILES string of the molecule is COC(=C1C2CC3CC(C2)CC1C3)c1ccc(C=O)c(OC)c1. The molecule has 4 bridgehead atoms. The number of allylic oxidation sites excluding steroid dienone is 1. The van der Waals surface area contributed by atoms with E-state index in [2.05, 4.69) is 0 Å². The first-order valence-electron chi connectivity index (χ1n) is 8.65. The van der Waals surface area contributed by atoms with Gasteiger partial charge in [-0.25, -0.2) is 0 Å². The first kappa shape index (κ1) is 14.8. The molecule has 0 N–H and O–H groups in total. The second kappa shape index (κ2) is 5.70. The third-order valence-corrected chi connectivity index (χ3v) is 6.11. The number of benzene rings is 1. The molecule has 4 saturated carbocycles. The summed E-state index contributed by atoms with van der Waals surface area (Å²) in [5.74, 6) is 4.90. The maximum atomic E-state index is 11.1. The molecule has 0 unspecified atom stereocenters. The van der Waals surface area contributed by atoms with Gasteiger partial charge in [-0.15, -0.1) is 0 Å². The summed E-state index contributed by atoms with van der Waals surface area (Å²) >= 11 is 0. The number of hydrogen-bond acceptors (Lipinski definition) is 3. The molecule has 0 aliphatic heterocycles. The van der Waals surface area contributed by atoms with E-state index in [9.17, 15) is 4.79 Å². The molecule has 1 aromatic carbocycles. The van der Waals surface area contributed by atoms with Gasteiger partial charge in [0.05, 0.1) is 19.8 Å². The Bertz CT molecular complexity index is 629. The van der Waals surface area contributed by atoms with Gasteiger partial charge in [-0.3, -0.25) is 4.79 Å². The van der Waals surface area contributed by atoms with Crippen LogP contribution in [0.3, 0.4) is 0 Å². The quantitative estimate of drug-likeness (QED) is 0.613. The van der Waals surface area contributed by atoms with Crippen molar-refractivity contribution in [3.8, 4) is 5.75 Å². The Kier molecular flexibility index (Phi) is 3.67. The third kappa shape index (κ3) is 2.37. The second-order valence-corrected chi connectivity index (χ2v) is 7.37. The first-order valence-corrected chi connectivity index (χ1v) is 8.65. The molecule has 0 aromatic heterocycles. The van der Waals surface area contributed by atoms with Gasteiger partial charge < -0.3 is 9.47 Å². The van der Waals surface area contributed by atoms with Crippen molar-refractivity contribution >= 4 is 12.0 Å². The van der Waals surface area contributed by atoms with Gasteiger partial charge in [0.1, 0.15) is 11.5 Å². The summed E-state index contributed by atoms with van der Waals surface area (Å²) in [4.78, 5) is 11.1. The van der Waals surface area contributed by atoms with Gasteiger partial charge in [-0.05, 0) is 73.5 Å². The van der Waals surface area contributed by atoms with Crippen molar-refractivity contribution in [1.82, 2.24) is 0 Å². The number of carbonyl (C=O) groups excluding carboxylic acids is 1. The van der Waals surface area contributed by atoms with Crippen molar-refractivity contribution in [2.24, 2.45) is 23.7 Å². The maximum absolute atomic E-state index is 11.1. The van der Waals surface area contributed by atoms with Crippen molar-refractivity contribution in [3.05, 3.63) is 34.9 Å². The summed E-state index contributed by atoms with van der Waals surface area (Å²) in [6.45, 7) is 0. The van der Waals surface area contributed by atoms with E-state index in [4.69, 9.17) is 9.47 Å². The van der Waals surface area contributed by atoms with Crippen LogP contribution >= 0.6 is 0 Å². The van der Waals surface area contributed by atoms with Crippen LogP contribution in [0.1, 0.15) is 48.0 Å². The van der Waals surface area contributed by atoms with Crippen LogP contribution in [-0.2, 0) is 4.74 Å². The summed E-state index contributed by atoms with van der Waals surface area (Å²) in [5, 5.41) is 0. The first-order chi connectivity index (χ1) is 11.2. The number of aldehydes is 1. The van der Waals surface area contributed by atoms with E-state index < -0.39 is 0 Å². The molecule has 4 aliphatic carbocycles. The van der Waals surface area contributed by atoms with Crippen molar-refractivity contribution in [1.29, 1.82) is 0 Å². The number of carbonyl (C=O) groups is 1. The van der Waals surface area contributed by atoms with Crippen molar-refractivity contribution in [2.45, 2.75) is 32.1 Å². The van der Waals surface area contributed by atoms with E-state index >= 15 is 0 Å². The minimum atomic E-state index is 0.585. The van der Waals surface area contributed by atoms with Crippen LogP contribution in [-0.4, -0.2) is 20.5 Å². The molecular weight excluding hydrogens is 288 g/mol. The van der Waals surface area contributed by atoms with E-state index in [0.717, 1.165) is 29.4 Å². The van der Waals surface area contributed by atoms with Crippen LogP contribution < -0.4 is 4.74 Å². The Morgan fingerprint density at radius 1 is 1.04 bits per heavy atom. The fourth-order valence-electron chi connectivity index (χ4n) is 5.41. The highest BCUT2D eigenvalue weighted by Crippen LogP contribution is 2.58. The Hall–Kier alpha value is -1.77. The molecular formula is C20H24O3. The molecule has 0 heterocycles. The third-order valence-electron chi connectivity index (χ3n) is 6.11. The molecule has 0 amide bonds. The summed E-state index contributed by atoms with van der Waals surface area (Å²) in [5.41, 5.74) is 3.15. The van der Waals surface area contributed by atoms with Crippen LogP contribution in [0.5, 0.6) is 5.75 Å². The molecule has 5 rings (SSSR count). The Labute approximate surface area is 137 Å². The number of rotatable bonds is 4. The molecule has 4 fully saturated rings. The van der Waals surface area contributed by atoms with Crippen LogP contribution in [0.25, 0.3) is 5.76 Å². The number of methoxy groups -OCH3 is 2. The summed E-state index contributed by atoms with van der Waals surface area (Å²) in [6.07, 6.45) is 7.62. The average Bonchev–Trinajstić information content (AvgIpc) is 2.57. The molecule has 122 valence electrons. The molecule has 0 atom stereocenters. The van der Waals surface area contributed by atoms with E-state index in [1.807, 2.05) is 18.2 Å². The standard InChI is InChI=1S/C20H24O3/c1-22-18-10-14(3-4-15(18)11-21)20(23-2)19-16-6-12-5-13(8-16)9-17(19)7-12/h3-4,10-13,16-17H,5-9H2,1-2H3. The van der Waals surface area contributed by atoms with Gasteiger partial charge in [0, 0.05) is 5.56 Å². The van der Waals surface area contributed by atoms with Gasteiger partial charge in [0.25, 0.3) is 0 Å². The lowest BCUT2D eigenvalue weighted by Gasteiger charge is -2.51. The van der Waals surface area contributed by atoms with Crippen LogP contribution in [0.2, 0.25) is 0 Å². The topological polar surface area (TPSA) is 35.5 Å². The van der Waals surface area contributed by atoms with E-state index in [-0.39, 0.29) is 0 Å². The minimum absolute atomic E-state index is 0.585. The van der Waals surface area contributed by atoms with Gasteiger partial charge in [-0.1, -0.05) is 6.07 Å². The minimum Gasteiger partial charge on any atom is -0.496 e. The molecule has 4 aliphatic rings. The molecule has 3 heteroatoms. The molecule has 0 saturated heterocycles. The summed E-state index contributed by atoms with van der Waals surface area (Å²) < 4.78 is 11.2. The summed E-state index contributed by atoms with van der Waals surface area (Å²) in [6, 6.07) is 5.76. The van der Waals surface area contributed by atoms with Crippen molar-refractivity contribution in [2.75, 3.05) is 14.2 Å². The number of hydrogen-bond donors (Lipinski definition) is 0. The lowest BCUT2D eigenvalue weighted by Crippen LogP contribution is -2.40. The predicted molar refractivity (Wildman–Crippen MR) is 89.4 cm³/mol. The molecule has 23 heavy (non-hydrogen) atoms. The van der Waals surface area contributed by atoms with E-state index in [0.29, 0.717) is 23.1 Å². The fourth-order valence-corrected chi connectivity index (χ4v) is 5.41. The monoisotopic (exact) mass is 312 g/mol. The van der Waals surface area contributed by atoms with Crippen LogP contribution in [0.15, 0.2) is 23.8 Å². The fraction of sp³-hybridized carbons (Fsp3) is 0.550. The zero-order valence-corrected chi connectivity index (χ0v) is 13.9. The van der Waals surface area contributed by atoms with E-state index in [1.165, 1.54) is 37.7 Å². The predicted octanol–water partition coefficient (Wildman–Crippen LogP) is 4.32. The molecule has 1 aromatic rings. The Morgan fingerprint density at radius 3 is 2.22 bits per heavy atom. The Balaban J connectivity index is 1.78. The smallest absolute Gasteiger partial charge is 0.153 e. The molecule has 0 radical (unpaired) electrons. The molecule has 0 spiro atoms. The van der Waals surface area contributed by atoms with E-state index in [1.54, 1.807) is 14.2 Å². The normalized spacial score (nSPS) is 31.1. The van der Waals surface area contributed by atoms with Gasteiger partial charge >= 0.3 is 0 Å². The lowest BCUT2D eigenvalue weighted by molar-refractivity contribution is 0.0675. The van der Waals surface area contributed by atoms with Gasteiger partial charge in [0.15, 0.2) is 6.29 Å². The van der Waals surface area contributed by atoms with Crippen molar-refractivity contribution < 1.29 is 14.3 Å². The highest BCUT2D eigenvalue weighted by molar-refractivity contribution is 5.81. The maximum Gasteiger partial charge on any atom is 0.153 e. The summed E-state index contributed by atoms with van der Waals surface area (Å²) in [7, 11) is 3.38. The largest absolute Gasteiger partial charge is 0.496 e. The zero-order valence-electron chi connectivity index (χ0n) is 13.9. The van der Waals surface area contributed by atoms with Crippen LogP contribution in [0.4, 0.5) is 0 Å². The van der Waals surface area contributed by atoms with Crippen molar-refractivity contribution in [3.63, 3.8) is 0 Å². The highest BCUT2D eigenvalue weighted by atomic mass is 16.5.